The van der Waals surface area contributed by atoms with Crippen LogP contribution in [0.25, 0.3) is 5.57 Å². The van der Waals surface area contributed by atoms with Crippen LogP contribution in [-0.2, 0) is 12.1 Å². The molecule has 0 bridgehead atoms. The van der Waals surface area contributed by atoms with Gasteiger partial charge in [0.05, 0.1) is 0 Å². The summed E-state index contributed by atoms with van der Waals surface area (Å²) >= 11 is 0. The highest BCUT2D eigenvalue weighted by Crippen LogP contribution is 2.56. The van der Waals surface area contributed by atoms with Crippen LogP contribution in [0.15, 0.2) is 77.5 Å². The van der Waals surface area contributed by atoms with Crippen LogP contribution in [-0.4, -0.2) is 36.0 Å². The lowest BCUT2D eigenvalue weighted by atomic mass is 9.99. The Balaban J connectivity index is 1.22. The maximum atomic E-state index is 6.02. The van der Waals surface area contributed by atoms with Gasteiger partial charge in [0, 0.05) is 37.3 Å². The van der Waals surface area contributed by atoms with Gasteiger partial charge in [-0.1, -0.05) is 69.2 Å². The molecule has 3 nitrogen and oxygen atoms in total. The number of fused-ring (bicyclic) bond motifs is 3. The Morgan fingerprint density at radius 1 is 1.00 bits per heavy atom. The average molecular weight is 452 g/mol. The summed E-state index contributed by atoms with van der Waals surface area (Å²) in [6.45, 7) is 9.50. The number of ether oxygens (including phenoxy) is 1. The third-order valence-corrected chi connectivity index (χ3v) is 7.69. The van der Waals surface area contributed by atoms with Crippen LogP contribution in [0.5, 0.6) is 5.75 Å². The van der Waals surface area contributed by atoms with Crippen LogP contribution in [0.2, 0.25) is 0 Å². The van der Waals surface area contributed by atoms with Crippen molar-refractivity contribution in [2.45, 2.75) is 51.6 Å². The molecule has 2 heterocycles. The minimum absolute atomic E-state index is 0.00798. The molecule has 0 saturated heterocycles. The van der Waals surface area contributed by atoms with Crippen LogP contribution in [0.4, 0.5) is 0 Å². The van der Waals surface area contributed by atoms with Crippen molar-refractivity contribution in [2.75, 3.05) is 26.2 Å². The monoisotopic (exact) mass is 451 g/mol. The van der Waals surface area contributed by atoms with E-state index in [1.807, 2.05) is 0 Å². The van der Waals surface area contributed by atoms with Crippen molar-refractivity contribution in [2.24, 2.45) is 0 Å². The molecular weight excluding hydrogens is 416 g/mol. The molecule has 2 aromatic carbocycles. The summed E-state index contributed by atoms with van der Waals surface area (Å²) in [6, 6.07) is 17.9. The molecule has 175 valence electrons. The second-order valence-electron chi connectivity index (χ2n) is 10.1. The molecule has 1 unspecified atom stereocenters. The third kappa shape index (κ3) is 3.80. The summed E-state index contributed by atoms with van der Waals surface area (Å²) < 4.78 is 6.02. The van der Waals surface area contributed by atoms with E-state index >= 15 is 0 Å². The molecule has 0 fully saturated rings. The number of allylic oxidation sites excluding steroid dienone is 1. The van der Waals surface area contributed by atoms with E-state index in [9.17, 15) is 0 Å². The summed E-state index contributed by atoms with van der Waals surface area (Å²) in [7, 11) is 0. The van der Waals surface area contributed by atoms with E-state index in [-0.39, 0.29) is 5.54 Å². The lowest BCUT2D eigenvalue weighted by Crippen LogP contribution is -2.39. The highest BCUT2D eigenvalue weighted by atomic mass is 16.5. The molecule has 1 radical (unpaired) electrons. The molecular formula is C31H35N2O. The minimum atomic E-state index is 0.00798. The van der Waals surface area contributed by atoms with Gasteiger partial charge in [0.15, 0.2) is 0 Å². The summed E-state index contributed by atoms with van der Waals surface area (Å²) in [5.74, 6) is 1.06. The zero-order valence-electron chi connectivity index (χ0n) is 20.5. The molecule has 4 aliphatic rings. The van der Waals surface area contributed by atoms with E-state index in [1.165, 1.54) is 64.8 Å². The first kappa shape index (κ1) is 21.7. The van der Waals surface area contributed by atoms with Crippen molar-refractivity contribution in [1.29, 1.82) is 0 Å². The van der Waals surface area contributed by atoms with E-state index < -0.39 is 0 Å². The molecule has 2 aliphatic carbocycles. The number of unbranched alkanes of at least 4 members (excludes halogenated alkanes) is 2. The topological polar surface area (TPSA) is 15.7 Å². The Kier molecular flexibility index (Phi) is 5.61. The second kappa shape index (κ2) is 8.78. The van der Waals surface area contributed by atoms with Gasteiger partial charge >= 0.3 is 0 Å². The first-order valence-corrected chi connectivity index (χ1v) is 13.1. The highest BCUT2D eigenvalue weighted by Gasteiger charge is 2.54. The van der Waals surface area contributed by atoms with E-state index in [4.69, 9.17) is 4.74 Å². The van der Waals surface area contributed by atoms with Crippen molar-refractivity contribution < 1.29 is 4.74 Å². The van der Waals surface area contributed by atoms with E-state index in [0.717, 1.165) is 38.5 Å². The zero-order chi connectivity index (χ0) is 23.1. The Morgan fingerprint density at radius 3 is 2.68 bits per heavy atom. The smallest absolute Gasteiger partial charge is 0.127 e. The van der Waals surface area contributed by atoms with Crippen LogP contribution in [0, 0.1) is 6.42 Å². The van der Waals surface area contributed by atoms with Crippen molar-refractivity contribution in [3.8, 4) is 5.75 Å². The molecule has 0 amide bonds. The van der Waals surface area contributed by atoms with E-state index in [0.29, 0.717) is 0 Å². The van der Waals surface area contributed by atoms with E-state index in [1.54, 1.807) is 0 Å². The van der Waals surface area contributed by atoms with Gasteiger partial charge in [0.1, 0.15) is 17.9 Å². The van der Waals surface area contributed by atoms with Crippen molar-refractivity contribution in [1.82, 2.24) is 9.80 Å². The lowest BCUT2D eigenvalue weighted by Gasteiger charge is -2.36. The zero-order valence-corrected chi connectivity index (χ0v) is 20.5. The number of benzene rings is 2. The van der Waals surface area contributed by atoms with Gasteiger partial charge in [-0.25, -0.2) is 0 Å². The standard InChI is InChI=1S/C31H35N2O/c1-3-5-14-32(20-23-12-13-28-29-17-24(29)22-34-30(28)16-23)21-27-18-26-19-31(26,33(27)15-6-4-2)25-10-8-7-9-11-25/h7-13,16-19H,3-6,14-15,20-22H2,1-2H3. The van der Waals surface area contributed by atoms with Gasteiger partial charge in [0.2, 0.25) is 0 Å². The number of hydrogen-bond donors (Lipinski definition) is 0. The Hall–Kier alpha value is -2.78. The molecule has 2 aliphatic heterocycles. The van der Waals surface area contributed by atoms with Crippen LogP contribution < -0.4 is 4.74 Å². The molecule has 0 N–H and O–H groups in total. The predicted octanol–water partition coefficient (Wildman–Crippen LogP) is 6.49. The van der Waals surface area contributed by atoms with Crippen molar-refractivity contribution in [3.05, 3.63) is 101 Å². The fourth-order valence-corrected chi connectivity index (χ4v) is 5.68. The molecule has 2 aromatic rings. The molecule has 34 heavy (non-hydrogen) atoms. The number of rotatable bonds is 11. The van der Waals surface area contributed by atoms with Gasteiger partial charge in [-0.3, -0.25) is 4.90 Å². The van der Waals surface area contributed by atoms with Crippen molar-refractivity contribution in [3.63, 3.8) is 0 Å². The SMILES string of the molecule is CCCCN(CC1=CC2=CC2(c2ccccc2)N1CCCC)Cc1ccc2c(c1)OCC1=C2[CH]1. The first-order valence-electron chi connectivity index (χ1n) is 13.1. The Bertz CT molecular complexity index is 1180. The Morgan fingerprint density at radius 2 is 1.85 bits per heavy atom. The third-order valence-electron chi connectivity index (χ3n) is 7.69. The normalized spacial score (nSPS) is 21.6. The first-order chi connectivity index (χ1) is 16.7. The molecule has 0 spiro atoms. The van der Waals surface area contributed by atoms with Gasteiger partial charge in [-0.15, -0.1) is 0 Å². The fourth-order valence-electron chi connectivity index (χ4n) is 5.68. The maximum absolute atomic E-state index is 6.02. The van der Waals surface area contributed by atoms with Gasteiger partial charge in [0.25, 0.3) is 0 Å². The van der Waals surface area contributed by atoms with Gasteiger partial charge < -0.3 is 9.64 Å². The Labute approximate surface area is 204 Å². The minimum Gasteiger partial charge on any atom is -0.489 e. The summed E-state index contributed by atoms with van der Waals surface area (Å²) in [5, 5.41) is 0. The molecule has 0 aromatic heterocycles. The molecule has 3 heteroatoms. The van der Waals surface area contributed by atoms with E-state index in [2.05, 4.69) is 90.8 Å². The quantitative estimate of drug-likeness (QED) is 0.388. The predicted molar refractivity (Wildman–Crippen MR) is 139 cm³/mol. The molecule has 0 saturated carbocycles. The fraction of sp³-hybridized carbons (Fsp3) is 0.387. The van der Waals surface area contributed by atoms with Crippen LogP contribution in [0.1, 0.15) is 56.2 Å². The average Bonchev–Trinajstić information content (AvgIpc) is 3.78. The van der Waals surface area contributed by atoms with Gasteiger partial charge in [-0.05, 0) is 65.5 Å². The van der Waals surface area contributed by atoms with Crippen molar-refractivity contribution >= 4 is 5.57 Å². The summed E-state index contributed by atoms with van der Waals surface area (Å²) in [4.78, 5) is 5.32. The summed E-state index contributed by atoms with van der Waals surface area (Å²) in [5.41, 5.74) is 9.75. The van der Waals surface area contributed by atoms with Crippen LogP contribution >= 0.6 is 0 Å². The maximum Gasteiger partial charge on any atom is 0.127 e. The largest absolute Gasteiger partial charge is 0.489 e. The van der Waals surface area contributed by atoms with Crippen LogP contribution in [0.3, 0.4) is 0 Å². The highest BCUT2D eigenvalue weighted by molar-refractivity contribution is 5.96. The number of hydrogen-bond acceptors (Lipinski definition) is 3. The second-order valence-corrected chi connectivity index (χ2v) is 10.1. The summed E-state index contributed by atoms with van der Waals surface area (Å²) in [6.07, 6.45) is 12.0. The lowest BCUT2D eigenvalue weighted by molar-refractivity contribution is 0.209. The number of nitrogens with zero attached hydrogens (tertiary/aromatic N) is 2. The molecule has 1 atom stereocenters. The molecule has 6 rings (SSSR count). The van der Waals surface area contributed by atoms with Gasteiger partial charge in [-0.2, -0.15) is 0 Å².